The third kappa shape index (κ3) is 3.39. The second-order valence-electron chi connectivity index (χ2n) is 4.46. The fraction of sp³-hybridized carbons (Fsp3) is 0.909. The van der Waals surface area contributed by atoms with Gasteiger partial charge in [0, 0.05) is 13.1 Å². The van der Waals surface area contributed by atoms with Crippen LogP contribution in [0.1, 0.15) is 26.2 Å². The lowest BCUT2D eigenvalue weighted by Crippen LogP contribution is -2.46. The van der Waals surface area contributed by atoms with Crippen molar-refractivity contribution in [1.82, 2.24) is 9.80 Å². The van der Waals surface area contributed by atoms with E-state index in [4.69, 9.17) is 0 Å². The van der Waals surface area contributed by atoms with Gasteiger partial charge in [0.2, 0.25) is 0 Å². The number of carbonyl (C=O) groups excluding carboxylic acids is 1. The lowest BCUT2D eigenvalue weighted by atomic mass is 9.99. The van der Waals surface area contributed by atoms with Crippen molar-refractivity contribution in [2.45, 2.75) is 32.2 Å². The Hall–Kier alpha value is -0.410. The van der Waals surface area contributed by atoms with Crippen molar-refractivity contribution in [2.24, 2.45) is 0 Å². The maximum atomic E-state index is 11.4. The molecule has 3 heteroatoms. The van der Waals surface area contributed by atoms with Gasteiger partial charge in [-0.2, -0.15) is 0 Å². The van der Waals surface area contributed by atoms with Gasteiger partial charge in [-0.05, 0) is 40.4 Å². The van der Waals surface area contributed by atoms with Gasteiger partial charge in [-0.1, -0.05) is 6.42 Å². The zero-order valence-electron chi connectivity index (χ0n) is 9.62. The van der Waals surface area contributed by atoms with E-state index < -0.39 is 0 Å². The lowest BCUT2D eigenvalue weighted by Gasteiger charge is -2.34. The van der Waals surface area contributed by atoms with E-state index in [-0.39, 0.29) is 6.04 Å². The highest BCUT2D eigenvalue weighted by atomic mass is 16.1. The first-order valence-electron chi connectivity index (χ1n) is 5.50. The van der Waals surface area contributed by atoms with Crippen molar-refractivity contribution in [2.75, 3.05) is 33.7 Å². The highest BCUT2D eigenvalue weighted by molar-refractivity contribution is 5.81. The molecule has 82 valence electrons. The molecule has 1 heterocycles. The quantitative estimate of drug-likeness (QED) is 0.673. The SMILES string of the molecule is CC(=O)C1CCCCN1CCN(C)C. The first kappa shape index (κ1) is 11.7. The average molecular weight is 198 g/mol. The summed E-state index contributed by atoms with van der Waals surface area (Å²) in [6, 6.07) is 0.198. The van der Waals surface area contributed by atoms with E-state index in [9.17, 15) is 4.79 Å². The van der Waals surface area contributed by atoms with Crippen molar-refractivity contribution >= 4 is 5.78 Å². The monoisotopic (exact) mass is 198 g/mol. The molecule has 1 atom stereocenters. The van der Waals surface area contributed by atoms with Gasteiger partial charge in [0.25, 0.3) is 0 Å². The molecule has 0 aliphatic carbocycles. The molecule has 0 radical (unpaired) electrons. The Morgan fingerprint density at radius 2 is 2.14 bits per heavy atom. The van der Waals surface area contributed by atoms with E-state index in [0.29, 0.717) is 5.78 Å². The first-order valence-corrected chi connectivity index (χ1v) is 5.50. The van der Waals surface area contributed by atoms with Crippen LogP contribution in [0.25, 0.3) is 0 Å². The number of carbonyl (C=O) groups is 1. The predicted octanol–water partition coefficient (Wildman–Crippen LogP) is 0.991. The summed E-state index contributed by atoms with van der Waals surface area (Å²) in [4.78, 5) is 15.9. The number of hydrogen-bond acceptors (Lipinski definition) is 3. The van der Waals surface area contributed by atoms with Crippen LogP contribution >= 0.6 is 0 Å². The van der Waals surface area contributed by atoms with Crippen LogP contribution in [-0.2, 0) is 4.79 Å². The van der Waals surface area contributed by atoms with E-state index in [1.807, 2.05) is 0 Å². The second kappa shape index (κ2) is 5.47. The molecule has 0 aromatic heterocycles. The number of likely N-dealkylation sites (tertiary alicyclic amines) is 1. The summed E-state index contributed by atoms with van der Waals surface area (Å²) in [5, 5.41) is 0. The molecular formula is C11H22N2O. The van der Waals surface area contributed by atoms with Gasteiger partial charge in [0.1, 0.15) is 5.78 Å². The zero-order chi connectivity index (χ0) is 10.6. The van der Waals surface area contributed by atoms with Gasteiger partial charge < -0.3 is 4.90 Å². The van der Waals surface area contributed by atoms with E-state index in [1.54, 1.807) is 6.92 Å². The molecule has 1 saturated heterocycles. The summed E-state index contributed by atoms with van der Waals surface area (Å²) in [6.07, 6.45) is 3.52. The van der Waals surface area contributed by atoms with Gasteiger partial charge in [-0.25, -0.2) is 0 Å². The summed E-state index contributed by atoms with van der Waals surface area (Å²) in [5.41, 5.74) is 0. The topological polar surface area (TPSA) is 23.6 Å². The van der Waals surface area contributed by atoms with Crippen LogP contribution in [0.4, 0.5) is 0 Å². The molecule has 0 aromatic carbocycles. The Morgan fingerprint density at radius 1 is 1.43 bits per heavy atom. The Labute approximate surface area is 87.1 Å². The van der Waals surface area contributed by atoms with E-state index in [0.717, 1.165) is 26.1 Å². The minimum Gasteiger partial charge on any atom is -0.308 e. The van der Waals surface area contributed by atoms with Crippen LogP contribution in [0.2, 0.25) is 0 Å². The highest BCUT2D eigenvalue weighted by Crippen LogP contribution is 2.17. The van der Waals surface area contributed by atoms with E-state index >= 15 is 0 Å². The van der Waals surface area contributed by atoms with E-state index in [1.165, 1.54) is 12.8 Å². The molecule has 0 N–H and O–H groups in total. The Morgan fingerprint density at radius 3 is 2.71 bits per heavy atom. The standard InChI is InChI=1S/C11H22N2O/c1-10(14)11-6-4-5-7-13(11)9-8-12(2)3/h11H,4-9H2,1-3H3. The molecule has 1 rings (SSSR count). The van der Waals surface area contributed by atoms with Crippen LogP contribution in [0.3, 0.4) is 0 Å². The normalized spacial score (nSPS) is 24.1. The van der Waals surface area contributed by atoms with Gasteiger partial charge >= 0.3 is 0 Å². The maximum absolute atomic E-state index is 11.4. The van der Waals surface area contributed by atoms with Crippen LogP contribution < -0.4 is 0 Å². The number of Topliss-reactive ketones (excluding diaryl/α,β-unsaturated/α-hetero) is 1. The Balaban J connectivity index is 2.42. The van der Waals surface area contributed by atoms with Crippen LogP contribution in [0.15, 0.2) is 0 Å². The lowest BCUT2D eigenvalue weighted by molar-refractivity contribution is -0.123. The molecule has 0 bridgehead atoms. The van der Waals surface area contributed by atoms with Crippen molar-refractivity contribution in [3.63, 3.8) is 0 Å². The summed E-state index contributed by atoms with van der Waals surface area (Å²) in [6.45, 7) is 4.89. The molecule has 3 nitrogen and oxygen atoms in total. The molecule has 14 heavy (non-hydrogen) atoms. The van der Waals surface area contributed by atoms with E-state index in [2.05, 4.69) is 23.9 Å². The van der Waals surface area contributed by atoms with Gasteiger partial charge in [-0.15, -0.1) is 0 Å². The Kier molecular flexibility index (Phi) is 4.55. The number of likely N-dealkylation sites (N-methyl/N-ethyl adjacent to an activating group) is 1. The number of ketones is 1. The fourth-order valence-electron chi connectivity index (χ4n) is 2.05. The molecule has 1 aliphatic rings. The van der Waals surface area contributed by atoms with Gasteiger partial charge in [0.15, 0.2) is 0 Å². The molecule has 0 spiro atoms. The number of rotatable bonds is 4. The minimum absolute atomic E-state index is 0.198. The van der Waals surface area contributed by atoms with Crippen LogP contribution in [0.5, 0.6) is 0 Å². The predicted molar refractivity (Wildman–Crippen MR) is 58.4 cm³/mol. The third-order valence-corrected chi connectivity index (χ3v) is 2.92. The molecule has 0 amide bonds. The van der Waals surface area contributed by atoms with Crippen molar-refractivity contribution in [1.29, 1.82) is 0 Å². The maximum Gasteiger partial charge on any atom is 0.146 e. The minimum atomic E-state index is 0.198. The summed E-state index contributed by atoms with van der Waals surface area (Å²) < 4.78 is 0. The second-order valence-corrected chi connectivity index (χ2v) is 4.46. The fourth-order valence-corrected chi connectivity index (χ4v) is 2.05. The highest BCUT2D eigenvalue weighted by Gasteiger charge is 2.25. The molecule has 1 unspecified atom stereocenters. The number of nitrogens with zero attached hydrogens (tertiary/aromatic N) is 2. The third-order valence-electron chi connectivity index (χ3n) is 2.92. The van der Waals surface area contributed by atoms with Crippen molar-refractivity contribution < 1.29 is 4.79 Å². The summed E-state index contributed by atoms with van der Waals surface area (Å²) in [7, 11) is 4.15. The van der Waals surface area contributed by atoms with Crippen molar-refractivity contribution in [3.8, 4) is 0 Å². The molecule has 1 fully saturated rings. The first-order chi connectivity index (χ1) is 6.61. The van der Waals surface area contributed by atoms with Gasteiger partial charge in [-0.3, -0.25) is 9.69 Å². The van der Waals surface area contributed by atoms with Crippen molar-refractivity contribution in [3.05, 3.63) is 0 Å². The average Bonchev–Trinajstić information content (AvgIpc) is 2.15. The van der Waals surface area contributed by atoms with Crippen LogP contribution in [-0.4, -0.2) is 55.4 Å². The van der Waals surface area contributed by atoms with Gasteiger partial charge in [0.05, 0.1) is 6.04 Å². The Bertz CT molecular complexity index is 192. The number of hydrogen-bond donors (Lipinski definition) is 0. The molecule has 0 saturated carbocycles. The molecular weight excluding hydrogens is 176 g/mol. The summed E-state index contributed by atoms with van der Waals surface area (Å²) >= 11 is 0. The molecule has 1 aliphatic heterocycles. The summed E-state index contributed by atoms with van der Waals surface area (Å²) in [5.74, 6) is 0.337. The number of piperidine rings is 1. The smallest absolute Gasteiger partial charge is 0.146 e. The van der Waals surface area contributed by atoms with Crippen LogP contribution in [0, 0.1) is 0 Å². The largest absolute Gasteiger partial charge is 0.308 e. The molecule has 0 aromatic rings. The zero-order valence-corrected chi connectivity index (χ0v) is 9.62.